The molecule has 2 aliphatic heterocycles. The van der Waals surface area contributed by atoms with E-state index in [0.717, 1.165) is 34.1 Å². The highest BCUT2D eigenvalue weighted by Gasteiger charge is 2.30. The van der Waals surface area contributed by atoms with Crippen LogP contribution in [0.25, 0.3) is 0 Å². The molecule has 0 spiro atoms. The van der Waals surface area contributed by atoms with E-state index < -0.39 is 53.4 Å². The summed E-state index contributed by atoms with van der Waals surface area (Å²) >= 11 is 5.96. The van der Waals surface area contributed by atoms with Gasteiger partial charge >= 0.3 is 35.8 Å². The van der Waals surface area contributed by atoms with Gasteiger partial charge in [-0.3, -0.25) is 9.59 Å². The van der Waals surface area contributed by atoms with Gasteiger partial charge in [0.15, 0.2) is 12.2 Å². The van der Waals surface area contributed by atoms with Crippen molar-refractivity contribution in [2.24, 2.45) is 0 Å². The Labute approximate surface area is 360 Å². The number of methoxy groups -OCH3 is 2. The number of benzene rings is 2. The van der Waals surface area contributed by atoms with Gasteiger partial charge in [0.2, 0.25) is 0 Å². The Balaban J connectivity index is 1.35. The van der Waals surface area contributed by atoms with Crippen LogP contribution in [0.5, 0.6) is 11.5 Å². The number of ether oxygens (including phenoxy) is 8. The summed E-state index contributed by atoms with van der Waals surface area (Å²) in [5.74, 6) is 0.523. The van der Waals surface area contributed by atoms with E-state index in [-0.39, 0.29) is 59.6 Å². The number of carbonyl (C=O) groups excluding carboxylic acids is 6. The van der Waals surface area contributed by atoms with Crippen molar-refractivity contribution in [2.45, 2.75) is 53.5 Å². The minimum atomic E-state index is -0.979. The van der Waals surface area contributed by atoms with Gasteiger partial charge in [0.25, 0.3) is 0 Å². The molecule has 2 aromatic rings. The molecule has 0 saturated carbocycles. The summed E-state index contributed by atoms with van der Waals surface area (Å²) in [6.45, 7) is 10.6. The molecule has 2 saturated heterocycles. The van der Waals surface area contributed by atoms with Crippen molar-refractivity contribution in [3.8, 4) is 11.5 Å². The van der Waals surface area contributed by atoms with Crippen LogP contribution in [0.1, 0.15) is 37.8 Å². The molecule has 2 fully saturated rings. The monoisotopic (exact) mass is 892 g/mol. The molecule has 14 nitrogen and oxygen atoms in total. The minimum Gasteiger partial charge on any atom is -0.490 e. The molecular formula is C41H48O14S4. The molecule has 4 rings (SSSR count). The van der Waals surface area contributed by atoms with E-state index in [1.54, 1.807) is 24.3 Å². The Morgan fingerprint density at radius 1 is 0.593 bits per heavy atom. The van der Waals surface area contributed by atoms with Gasteiger partial charge in [0.1, 0.15) is 47.1 Å². The van der Waals surface area contributed by atoms with Crippen molar-refractivity contribution >= 4 is 82.9 Å². The van der Waals surface area contributed by atoms with E-state index in [2.05, 4.69) is 36.5 Å². The molecule has 0 amide bonds. The molecule has 0 N–H and O–H groups in total. The Bertz CT molecular complexity index is 1670. The summed E-state index contributed by atoms with van der Waals surface area (Å²) in [5.41, 5.74) is 1.23. The third-order valence-electron chi connectivity index (χ3n) is 8.77. The zero-order valence-electron chi connectivity index (χ0n) is 33.3. The van der Waals surface area contributed by atoms with Crippen molar-refractivity contribution in [1.82, 2.24) is 0 Å². The van der Waals surface area contributed by atoms with Crippen molar-refractivity contribution in [2.75, 3.05) is 63.7 Å². The zero-order chi connectivity index (χ0) is 43.0. The highest BCUT2D eigenvalue weighted by atomic mass is 32.2. The van der Waals surface area contributed by atoms with Crippen molar-refractivity contribution < 1.29 is 66.7 Å². The van der Waals surface area contributed by atoms with Gasteiger partial charge in [-0.1, -0.05) is 51.3 Å². The topological polar surface area (TPSA) is 176 Å². The zero-order valence-corrected chi connectivity index (χ0v) is 36.5. The third-order valence-corrected chi connectivity index (χ3v) is 14.7. The van der Waals surface area contributed by atoms with Crippen LogP contribution in [-0.2, 0) is 62.6 Å². The standard InChI is InChI=1S/C41H48O14S4/c1-25(19-33(42)48-5)35(44)54-31(23-52-37(46)39-56-15-16-57-39)21-50-29-11-7-27(8-12-29)41(3,4)28-9-13-30(14-10-28)51-22-32(24-53-38(47)40-58-17-18-59-40)55-36(45)26(2)20-34(43)49-6/h7-14,31-32,39-40H,1-2,15-24H2,3-6H3. The Hall–Kier alpha value is -4.26. The summed E-state index contributed by atoms with van der Waals surface area (Å²) in [6, 6.07) is 14.7. The number of thioether (sulfide) groups is 4. The molecule has 18 heteroatoms. The third kappa shape index (κ3) is 15.1. The fourth-order valence-electron chi connectivity index (χ4n) is 5.29. The lowest BCUT2D eigenvalue weighted by Crippen LogP contribution is -2.32. The lowest BCUT2D eigenvalue weighted by atomic mass is 9.78. The molecule has 0 radical (unpaired) electrons. The number of hydrogen-bond acceptors (Lipinski definition) is 18. The van der Waals surface area contributed by atoms with E-state index in [1.165, 1.54) is 61.3 Å². The van der Waals surface area contributed by atoms with Crippen molar-refractivity contribution in [1.29, 1.82) is 0 Å². The quantitative estimate of drug-likeness (QED) is 0.0819. The van der Waals surface area contributed by atoms with Crippen LogP contribution in [0.3, 0.4) is 0 Å². The van der Waals surface area contributed by atoms with Crippen LogP contribution in [0, 0.1) is 0 Å². The average molecular weight is 893 g/mol. The normalized spacial score (nSPS) is 15.3. The maximum Gasteiger partial charge on any atom is 0.334 e. The molecule has 2 heterocycles. The minimum absolute atomic E-state index is 0.109. The van der Waals surface area contributed by atoms with Crippen molar-refractivity contribution in [3.63, 3.8) is 0 Å². The second-order valence-corrected chi connectivity index (χ2v) is 18.9. The number of rotatable bonds is 22. The molecule has 59 heavy (non-hydrogen) atoms. The molecule has 2 unspecified atom stereocenters. The Kier molecular flexibility index (Phi) is 18.9. The van der Waals surface area contributed by atoms with Gasteiger partial charge in [0.05, 0.1) is 27.1 Å². The van der Waals surface area contributed by atoms with Gasteiger partial charge in [-0.15, -0.1) is 47.0 Å². The van der Waals surface area contributed by atoms with Crippen LogP contribution < -0.4 is 9.47 Å². The maximum atomic E-state index is 12.7. The van der Waals surface area contributed by atoms with E-state index in [4.69, 9.17) is 28.4 Å². The first kappa shape index (κ1) is 47.4. The number of hydrogen-bond donors (Lipinski definition) is 0. The fraction of sp³-hybridized carbons (Fsp3) is 0.463. The molecule has 0 bridgehead atoms. The molecule has 0 aliphatic carbocycles. The summed E-state index contributed by atoms with van der Waals surface area (Å²) in [4.78, 5) is 73.8. The van der Waals surface area contributed by atoms with Gasteiger partial charge in [0, 0.05) is 39.6 Å². The molecule has 2 aromatic carbocycles. The average Bonchev–Trinajstić information content (AvgIpc) is 3.99. The van der Waals surface area contributed by atoms with Gasteiger partial charge in [-0.2, -0.15) is 0 Å². The van der Waals surface area contributed by atoms with Crippen LogP contribution in [0.4, 0.5) is 0 Å². The lowest BCUT2D eigenvalue weighted by molar-refractivity contribution is -0.157. The first-order valence-corrected chi connectivity index (χ1v) is 22.6. The van der Waals surface area contributed by atoms with E-state index in [0.29, 0.717) is 11.5 Å². The second-order valence-electron chi connectivity index (χ2n) is 13.5. The smallest absolute Gasteiger partial charge is 0.334 e. The number of esters is 6. The predicted molar refractivity (Wildman–Crippen MR) is 227 cm³/mol. The Morgan fingerprint density at radius 3 is 1.25 bits per heavy atom. The van der Waals surface area contributed by atoms with E-state index >= 15 is 0 Å². The van der Waals surface area contributed by atoms with Crippen molar-refractivity contribution in [3.05, 3.63) is 84.0 Å². The lowest BCUT2D eigenvalue weighted by Gasteiger charge is -2.27. The highest BCUT2D eigenvalue weighted by Crippen LogP contribution is 2.35. The van der Waals surface area contributed by atoms with Crippen LogP contribution in [-0.4, -0.2) is 121 Å². The fourth-order valence-corrected chi connectivity index (χ4v) is 10.4. The SMILES string of the molecule is C=C(CC(=O)OC)C(=O)OC(COC(=O)C1SCCS1)COc1ccc(C(C)(C)c2ccc(OCC(COC(=O)C3SCCS3)OC(=O)C(=C)CC(=O)OC)cc2)cc1. The van der Waals surface area contributed by atoms with Crippen LogP contribution in [0.2, 0.25) is 0 Å². The predicted octanol–water partition coefficient (Wildman–Crippen LogP) is 5.53. The van der Waals surface area contributed by atoms with Gasteiger partial charge in [-0.25, -0.2) is 19.2 Å². The molecule has 320 valence electrons. The van der Waals surface area contributed by atoms with Gasteiger partial charge in [-0.05, 0) is 35.4 Å². The van der Waals surface area contributed by atoms with Crippen LogP contribution >= 0.6 is 47.0 Å². The highest BCUT2D eigenvalue weighted by molar-refractivity contribution is 8.21. The van der Waals surface area contributed by atoms with Crippen LogP contribution in [0.15, 0.2) is 72.8 Å². The summed E-state index contributed by atoms with van der Waals surface area (Å²) in [5, 5.41) is 0. The van der Waals surface area contributed by atoms with Gasteiger partial charge < -0.3 is 37.9 Å². The molecule has 0 aromatic heterocycles. The van der Waals surface area contributed by atoms with E-state index in [9.17, 15) is 28.8 Å². The first-order chi connectivity index (χ1) is 28.2. The summed E-state index contributed by atoms with van der Waals surface area (Å²) in [6.07, 6.45) is -2.66. The maximum absolute atomic E-state index is 12.7. The summed E-state index contributed by atoms with van der Waals surface area (Å²) < 4.78 is 42.4. The second kappa shape index (κ2) is 23.5. The van der Waals surface area contributed by atoms with E-state index in [1.807, 2.05) is 24.3 Å². The number of carbonyl (C=O) groups is 6. The molecule has 2 aliphatic rings. The molecule has 2 atom stereocenters. The largest absolute Gasteiger partial charge is 0.490 e. The molecular weight excluding hydrogens is 845 g/mol. The Morgan fingerprint density at radius 2 is 0.932 bits per heavy atom. The summed E-state index contributed by atoms with van der Waals surface area (Å²) in [7, 11) is 2.40. The first-order valence-electron chi connectivity index (χ1n) is 18.4.